The number of alkyl halides is 3. The van der Waals surface area contributed by atoms with E-state index in [0.29, 0.717) is 37.6 Å². The number of carbonyl (C=O) groups excluding carboxylic acids is 1. The summed E-state index contributed by atoms with van der Waals surface area (Å²) < 4.78 is 44.1. The van der Waals surface area contributed by atoms with E-state index < -0.39 is 23.9 Å². The maximum Gasteiger partial charge on any atom is 0.417 e. The molecule has 1 N–H and O–H groups in total. The number of piperazine rings is 1. The number of nitrogens with zero attached hydrogens (tertiary/aromatic N) is 5. The highest BCUT2D eigenvalue weighted by Gasteiger charge is 2.33. The van der Waals surface area contributed by atoms with Gasteiger partial charge < -0.3 is 9.64 Å². The van der Waals surface area contributed by atoms with Gasteiger partial charge in [0.15, 0.2) is 6.23 Å². The summed E-state index contributed by atoms with van der Waals surface area (Å²) in [5, 5.41) is 16.2. The lowest BCUT2D eigenvalue weighted by Crippen LogP contribution is -2.54. The summed E-state index contributed by atoms with van der Waals surface area (Å²) in [5.74, 6) is -0.189. The van der Waals surface area contributed by atoms with Gasteiger partial charge in [-0.3, -0.25) is 14.8 Å². The predicted octanol–water partition coefficient (Wildman–Crippen LogP) is 3.57. The van der Waals surface area contributed by atoms with Crippen LogP contribution in [-0.2, 0) is 22.3 Å². The molecule has 0 radical (unpaired) electrons. The summed E-state index contributed by atoms with van der Waals surface area (Å²) in [5.41, 5.74) is 2.25. The number of ether oxygens (including phenoxy) is 1. The number of hydrogen-bond donors (Lipinski definition) is 1. The van der Waals surface area contributed by atoms with Crippen LogP contribution in [-0.4, -0.2) is 51.9 Å². The van der Waals surface area contributed by atoms with Gasteiger partial charge in [-0.1, -0.05) is 12.1 Å². The Morgan fingerprint density at radius 1 is 1.24 bits per heavy atom. The highest BCUT2D eigenvalue weighted by atomic mass is 19.4. The molecule has 0 bridgehead atoms. The molecule has 4 rings (SSSR count). The summed E-state index contributed by atoms with van der Waals surface area (Å²) in [7, 11) is 0. The monoisotopic (exact) mass is 470 g/mol. The molecule has 0 spiro atoms. The summed E-state index contributed by atoms with van der Waals surface area (Å²) in [6.07, 6.45) is -2.61. The standard InChI is InChI=1S/C23H21F3N6O2/c1-15(33)34-21-14-31(8-9-32(21)20-7-6-19(12-28-20)23(24,25)26)13-18-11-29-30-22(18)17-4-2-16(10-27)3-5-17/h2-7,11-12,21H,8-9,13-14H2,1H3,(H,29,30)/t21-/m0/s1. The van der Waals surface area contributed by atoms with Crippen LogP contribution in [0.1, 0.15) is 23.6 Å². The summed E-state index contributed by atoms with van der Waals surface area (Å²) >= 11 is 0. The lowest BCUT2D eigenvalue weighted by molar-refractivity contribution is -0.148. The first kappa shape index (κ1) is 23.3. The molecule has 8 nitrogen and oxygen atoms in total. The molecule has 176 valence electrons. The van der Waals surface area contributed by atoms with Crippen molar-refractivity contribution in [2.45, 2.75) is 25.9 Å². The molecule has 0 amide bonds. The average molecular weight is 470 g/mol. The Balaban J connectivity index is 1.50. The third-order valence-corrected chi connectivity index (χ3v) is 5.49. The number of hydrogen-bond acceptors (Lipinski definition) is 7. The molecule has 1 aromatic carbocycles. The van der Waals surface area contributed by atoms with E-state index in [4.69, 9.17) is 10.00 Å². The van der Waals surface area contributed by atoms with Crippen molar-refractivity contribution in [3.05, 3.63) is 65.5 Å². The molecule has 11 heteroatoms. The first-order valence-electron chi connectivity index (χ1n) is 10.5. The van der Waals surface area contributed by atoms with Crippen molar-refractivity contribution in [3.63, 3.8) is 0 Å². The zero-order valence-corrected chi connectivity index (χ0v) is 18.2. The van der Waals surface area contributed by atoms with Gasteiger partial charge in [-0.25, -0.2) is 4.98 Å². The molecule has 1 saturated heterocycles. The minimum atomic E-state index is -4.48. The summed E-state index contributed by atoms with van der Waals surface area (Å²) in [6, 6.07) is 11.4. The summed E-state index contributed by atoms with van der Waals surface area (Å²) in [6.45, 7) is 3.10. The van der Waals surface area contributed by atoms with E-state index in [0.717, 1.165) is 29.1 Å². The zero-order valence-electron chi connectivity index (χ0n) is 18.2. The third kappa shape index (κ3) is 5.18. The number of pyridine rings is 1. The fourth-order valence-electron chi connectivity index (χ4n) is 3.85. The quantitative estimate of drug-likeness (QED) is 0.569. The van der Waals surface area contributed by atoms with Gasteiger partial charge in [0.2, 0.25) is 0 Å². The maximum atomic E-state index is 12.9. The molecular weight excluding hydrogens is 449 g/mol. The van der Waals surface area contributed by atoms with Gasteiger partial charge in [0.1, 0.15) is 5.82 Å². The zero-order chi connectivity index (χ0) is 24.3. The molecule has 1 atom stereocenters. The lowest BCUT2D eigenvalue weighted by Gasteiger charge is -2.41. The molecular formula is C23H21F3N6O2. The van der Waals surface area contributed by atoms with Crippen molar-refractivity contribution in [2.24, 2.45) is 0 Å². The van der Waals surface area contributed by atoms with Crippen LogP contribution >= 0.6 is 0 Å². The highest BCUT2D eigenvalue weighted by Crippen LogP contribution is 2.30. The third-order valence-electron chi connectivity index (χ3n) is 5.49. The van der Waals surface area contributed by atoms with E-state index in [1.165, 1.54) is 13.0 Å². The fraction of sp³-hybridized carbons (Fsp3) is 0.304. The average Bonchev–Trinajstić information content (AvgIpc) is 3.26. The van der Waals surface area contributed by atoms with E-state index in [-0.39, 0.29) is 0 Å². The Morgan fingerprint density at radius 2 is 2.00 bits per heavy atom. The number of halogens is 3. The fourth-order valence-corrected chi connectivity index (χ4v) is 3.85. The van der Waals surface area contributed by atoms with E-state index in [1.807, 2.05) is 12.1 Å². The van der Waals surface area contributed by atoms with Crippen LogP contribution in [0.2, 0.25) is 0 Å². The van der Waals surface area contributed by atoms with Gasteiger partial charge in [-0.2, -0.15) is 23.5 Å². The largest absolute Gasteiger partial charge is 0.440 e. The normalized spacial score (nSPS) is 16.8. The second-order valence-corrected chi connectivity index (χ2v) is 7.84. The van der Waals surface area contributed by atoms with Gasteiger partial charge in [-0.15, -0.1) is 0 Å². The number of benzene rings is 1. The number of esters is 1. The molecule has 34 heavy (non-hydrogen) atoms. The number of aromatic amines is 1. The number of nitrogens with one attached hydrogen (secondary N) is 1. The molecule has 1 aliphatic heterocycles. The van der Waals surface area contributed by atoms with Crippen molar-refractivity contribution < 1.29 is 22.7 Å². The smallest absolute Gasteiger partial charge is 0.417 e. The number of H-pyrrole nitrogens is 1. The highest BCUT2D eigenvalue weighted by molar-refractivity contribution is 5.66. The van der Waals surface area contributed by atoms with E-state index in [2.05, 4.69) is 26.2 Å². The first-order valence-corrected chi connectivity index (χ1v) is 10.5. The minimum Gasteiger partial charge on any atom is -0.440 e. The number of rotatable bonds is 5. The van der Waals surface area contributed by atoms with E-state index in [9.17, 15) is 18.0 Å². The Kier molecular flexibility index (Phi) is 6.51. The van der Waals surface area contributed by atoms with Gasteiger partial charge in [0.25, 0.3) is 0 Å². The first-order chi connectivity index (χ1) is 16.2. The Morgan fingerprint density at radius 3 is 2.62 bits per heavy atom. The van der Waals surface area contributed by atoms with Crippen LogP contribution in [0.4, 0.5) is 19.0 Å². The predicted molar refractivity (Wildman–Crippen MR) is 116 cm³/mol. The van der Waals surface area contributed by atoms with Crippen LogP contribution < -0.4 is 4.90 Å². The molecule has 0 aliphatic carbocycles. The molecule has 1 fully saturated rings. The molecule has 3 aromatic rings. The van der Waals surface area contributed by atoms with Crippen molar-refractivity contribution in [1.29, 1.82) is 5.26 Å². The van der Waals surface area contributed by atoms with Crippen LogP contribution in [0.25, 0.3) is 11.3 Å². The SMILES string of the molecule is CC(=O)O[C@H]1CN(Cc2c[nH]nc2-c2ccc(C#N)cc2)CCN1c1ccc(C(F)(F)F)cn1. The second kappa shape index (κ2) is 9.52. The Bertz CT molecular complexity index is 1190. The van der Waals surface area contributed by atoms with Crippen molar-refractivity contribution in [2.75, 3.05) is 24.5 Å². The number of carbonyl (C=O) groups is 1. The molecule has 2 aromatic heterocycles. The summed E-state index contributed by atoms with van der Waals surface area (Å²) in [4.78, 5) is 19.4. The van der Waals surface area contributed by atoms with Crippen LogP contribution in [0.15, 0.2) is 48.8 Å². The van der Waals surface area contributed by atoms with Gasteiger partial charge in [0, 0.05) is 50.1 Å². The number of anilines is 1. The van der Waals surface area contributed by atoms with E-state index in [1.54, 1.807) is 23.2 Å². The van der Waals surface area contributed by atoms with Crippen LogP contribution in [0.3, 0.4) is 0 Å². The maximum absolute atomic E-state index is 12.9. The topological polar surface area (TPSA) is 98.1 Å². The molecule has 0 unspecified atom stereocenters. The molecule has 0 saturated carbocycles. The Labute approximate surface area is 193 Å². The van der Waals surface area contributed by atoms with Gasteiger partial charge >= 0.3 is 12.1 Å². The van der Waals surface area contributed by atoms with Gasteiger partial charge in [-0.05, 0) is 24.3 Å². The van der Waals surface area contributed by atoms with Crippen molar-refractivity contribution in [3.8, 4) is 17.3 Å². The van der Waals surface area contributed by atoms with E-state index >= 15 is 0 Å². The lowest BCUT2D eigenvalue weighted by atomic mass is 10.1. The van der Waals surface area contributed by atoms with Crippen LogP contribution in [0.5, 0.6) is 0 Å². The minimum absolute atomic E-state index is 0.306. The Hall–Kier alpha value is -3.91. The van der Waals surface area contributed by atoms with Crippen molar-refractivity contribution >= 4 is 11.8 Å². The van der Waals surface area contributed by atoms with Crippen LogP contribution in [0, 0.1) is 11.3 Å². The van der Waals surface area contributed by atoms with Gasteiger partial charge in [0.05, 0.1) is 29.4 Å². The van der Waals surface area contributed by atoms with Crippen molar-refractivity contribution in [1.82, 2.24) is 20.1 Å². The molecule has 1 aliphatic rings. The molecule has 3 heterocycles. The number of nitriles is 1. The second-order valence-electron chi connectivity index (χ2n) is 7.84. The number of aromatic nitrogens is 3.